The van der Waals surface area contributed by atoms with E-state index in [9.17, 15) is 0 Å². The first-order valence-electron chi connectivity index (χ1n) is 4.12. The van der Waals surface area contributed by atoms with Crippen molar-refractivity contribution in [2.75, 3.05) is 0 Å². The molecule has 0 heterocycles. The third-order valence-corrected chi connectivity index (χ3v) is 1.43. The van der Waals surface area contributed by atoms with Gasteiger partial charge in [0.15, 0.2) is 0 Å². The van der Waals surface area contributed by atoms with E-state index in [1.165, 1.54) is 11.1 Å². The molecule has 1 aromatic rings. The summed E-state index contributed by atoms with van der Waals surface area (Å²) in [5.74, 6) is 0. The summed E-state index contributed by atoms with van der Waals surface area (Å²) in [4.78, 5) is 8.00. The second-order valence-electron chi connectivity index (χ2n) is 2.08. The Morgan fingerprint density at radius 1 is 0.917 bits per heavy atom. The maximum absolute atomic E-state index is 8.00. The van der Waals surface area contributed by atoms with E-state index in [2.05, 4.69) is 38.1 Å². The third kappa shape index (κ3) is 5.66. The van der Waals surface area contributed by atoms with Crippen molar-refractivity contribution in [1.29, 1.82) is 0 Å². The summed E-state index contributed by atoms with van der Waals surface area (Å²) >= 11 is 0. The van der Waals surface area contributed by atoms with Gasteiger partial charge < -0.3 is 4.79 Å². The molecule has 1 nitrogen and oxygen atoms in total. The first-order chi connectivity index (χ1) is 5.80. The highest BCUT2D eigenvalue weighted by molar-refractivity contribution is 5.23. The molecule has 0 aromatic heterocycles. The van der Waals surface area contributed by atoms with E-state index in [1.54, 1.807) is 0 Å². The summed E-state index contributed by atoms with van der Waals surface area (Å²) in [5.41, 5.74) is 2.74. The average Bonchev–Trinajstić information content (AvgIpc) is 2.17. The van der Waals surface area contributed by atoms with Crippen LogP contribution in [0.4, 0.5) is 0 Å². The standard InChI is InChI=1S/C8H10.C2H6.CH2O/c1-7-5-3-4-6-8(7)2;2*1-2/h3-6H,1-2H3;1-2H3;1H2. The van der Waals surface area contributed by atoms with Crippen LogP contribution < -0.4 is 0 Å². The van der Waals surface area contributed by atoms with E-state index in [4.69, 9.17) is 4.79 Å². The average molecular weight is 166 g/mol. The molecule has 0 atom stereocenters. The summed E-state index contributed by atoms with van der Waals surface area (Å²) in [6, 6.07) is 8.36. The van der Waals surface area contributed by atoms with Crippen LogP contribution in [-0.4, -0.2) is 6.79 Å². The molecule has 1 aromatic carbocycles. The minimum absolute atomic E-state index is 1.37. The van der Waals surface area contributed by atoms with Crippen molar-refractivity contribution in [1.82, 2.24) is 0 Å². The van der Waals surface area contributed by atoms with Crippen molar-refractivity contribution in [2.45, 2.75) is 27.7 Å². The second kappa shape index (κ2) is 9.89. The van der Waals surface area contributed by atoms with Gasteiger partial charge in [0.1, 0.15) is 6.79 Å². The molecule has 0 bridgehead atoms. The monoisotopic (exact) mass is 166 g/mol. The number of hydrogen-bond donors (Lipinski definition) is 0. The Morgan fingerprint density at radius 3 is 1.33 bits per heavy atom. The highest BCUT2D eigenvalue weighted by Crippen LogP contribution is 2.02. The van der Waals surface area contributed by atoms with Gasteiger partial charge in [-0.25, -0.2) is 0 Å². The Morgan fingerprint density at radius 2 is 1.17 bits per heavy atom. The van der Waals surface area contributed by atoms with Gasteiger partial charge in [0.2, 0.25) is 0 Å². The van der Waals surface area contributed by atoms with Gasteiger partial charge >= 0.3 is 0 Å². The lowest BCUT2D eigenvalue weighted by Crippen LogP contribution is -1.74. The van der Waals surface area contributed by atoms with Gasteiger partial charge in [-0.2, -0.15) is 0 Å². The van der Waals surface area contributed by atoms with E-state index in [0.717, 1.165) is 0 Å². The number of rotatable bonds is 0. The molecule has 0 spiro atoms. The zero-order chi connectivity index (χ0) is 9.98. The normalized spacial score (nSPS) is 7.00. The van der Waals surface area contributed by atoms with Gasteiger partial charge in [0, 0.05) is 0 Å². The van der Waals surface area contributed by atoms with Gasteiger partial charge in [0.05, 0.1) is 0 Å². The lowest BCUT2D eigenvalue weighted by molar-refractivity contribution is -0.0979. The highest BCUT2D eigenvalue weighted by atomic mass is 16.1. The van der Waals surface area contributed by atoms with Crippen LogP contribution in [0.25, 0.3) is 0 Å². The lowest BCUT2D eigenvalue weighted by atomic mass is 10.1. The zero-order valence-electron chi connectivity index (χ0n) is 8.42. The Kier molecular flexibility index (Phi) is 11.1. The van der Waals surface area contributed by atoms with E-state index in [1.807, 2.05) is 20.6 Å². The van der Waals surface area contributed by atoms with Gasteiger partial charge in [-0.1, -0.05) is 38.1 Å². The molecule has 68 valence electrons. The molecule has 0 N–H and O–H groups in total. The van der Waals surface area contributed by atoms with Gasteiger partial charge in [-0.05, 0) is 25.0 Å². The molecule has 0 radical (unpaired) electrons. The SMILES string of the molecule is C=O.CC.Cc1ccccc1C. The van der Waals surface area contributed by atoms with Crippen molar-refractivity contribution >= 4 is 6.79 Å². The van der Waals surface area contributed by atoms with E-state index < -0.39 is 0 Å². The third-order valence-electron chi connectivity index (χ3n) is 1.43. The largest absolute Gasteiger partial charge is 0.307 e. The van der Waals surface area contributed by atoms with Gasteiger partial charge in [0.25, 0.3) is 0 Å². The van der Waals surface area contributed by atoms with Crippen molar-refractivity contribution < 1.29 is 4.79 Å². The maximum Gasteiger partial charge on any atom is 0.106 e. The van der Waals surface area contributed by atoms with Gasteiger partial charge in [-0.15, -0.1) is 0 Å². The maximum atomic E-state index is 8.00. The molecule has 1 rings (SSSR count). The van der Waals surface area contributed by atoms with Crippen molar-refractivity contribution in [3.8, 4) is 0 Å². The number of benzene rings is 1. The Balaban J connectivity index is 0. The van der Waals surface area contributed by atoms with Crippen LogP contribution in [0.15, 0.2) is 24.3 Å². The summed E-state index contributed by atoms with van der Waals surface area (Å²) in [6.45, 7) is 10.2. The number of carbonyl (C=O) groups is 1. The predicted molar refractivity (Wildman–Crippen MR) is 54.4 cm³/mol. The molecule has 12 heavy (non-hydrogen) atoms. The Labute approximate surface area is 75.4 Å². The van der Waals surface area contributed by atoms with Crippen molar-refractivity contribution in [3.05, 3.63) is 35.4 Å². The fourth-order valence-electron chi connectivity index (χ4n) is 0.663. The minimum Gasteiger partial charge on any atom is -0.307 e. The molecule has 0 amide bonds. The minimum atomic E-state index is 1.37. The van der Waals surface area contributed by atoms with E-state index in [-0.39, 0.29) is 0 Å². The first-order valence-corrected chi connectivity index (χ1v) is 4.12. The van der Waals surface area contributed by atoms with Crippen LogP contribution >= 0.6 is 0 Å². The number of aryl methyl sites for hydroxylation is 2. The summed E-state index contributed by atoms with van der Waals surface area (Å²) in [5, 5.41) is 0. The molecule has 0 saturated carbocycles. The lowest BCUT2D eigenvalue weighted by Gasteiger charge is -1.93. The van der Waals surface area contributed by atoms with Gasteiger partial charge in [-0.3, -0.25) is 0 Å². The molecule has 0 aliphatic heterocycles. The molecule has 0 aliphatic carbocycles. The smallest absolute Gasteiger partial charge is 0.106 e. The molecular weight excluding hydrogens is 148 g/mol. The van der Waals surface area contributed by atoms with Crippen LogP contribution in [-0.2, 0) is 4.79 Å². The summed E-state index contributed by atoms with van der Waals surface area (Å²) in [6.07, 6.45) is 0. The molecule has 0 saturated heterocycles. The molecule has 0 fully saturated rings. The molecule has 1 heteroatoms. The summed E-state index contributed by atoms with van der Waals surface area (Å²) in [7, 11) is 0. The fraction of sp³-hybridized carbons (Fsp3) is 0.364. The topological polar surface area (TPSA) is 17.1 Å². The quantitative estimate of drug-likeness (QED) is 0.578. The van der Waals surface area contributed by atoms with E-state index in [0.29, 0.717) is 0 Å². The highest BCUT2D eigenvalue weighted by Gasteiger charge is 1.83. The van der Waals surface area contributed by atoms with Crippen LogP contribution in [0.1, 0.15) is 25.0 Å². The first kappa shape index (κ1) is 13.5. The van der Waals surface area contributed by atoms with Crippen LogP contribution in [0, 0.1) is 13.8 Å². The van der Waals surface area contributed by atoms with Crippen molar-refractivity contribution in [2.24, 2.45) is 0 Å². The van der Waals surface area contributed by atoms with E-state index >= 15 is 0 Å². The predicted octanol–water partition coefficient (Wildman–Crippen LogP) is 3.14. The molecule has 0 aliphatic rings. The fourth-order valence-corrected chi connectivity index (χ4v) is 0.663. The number of carbonyl (C=O) groups excluding carboxylic acids is 1. The number of hydrogen-bond acceptors (Lipinski definition) is 1. The Hall–Kier alpha value is -1.11. The van der Waals surface area contributed by atoms with Crippen LogP contribution in [0.5, 0.6) is 0 Å². The zero-order valence-corrected chi connectivity index (χ0v) is 8.42. The van der Waals surface area contributed by atoms with Crippen LogP contribution in [0.2, 0.25) is 0 Å². The summed E-state index contributed by atoms with van der Waals surface area (Å²) < 4.78 is 0. The Bertz CT molecular complexity index is 173. The van der Waals surface area contributed by atoms with Crippen molar-refractivity contribution in [3.63, 3.8) is 0 Å². The van der Waals surface area contributed by atoms with Crippen LogP contribution in [0.3, 0.4) is 0 Å². The second-order valence-corrected chi connectivity index (χ2v) is 2.08. The molecular formula is C11H18O. The molecule has 0 unspecified atom stereocenters.